The number of benzene rings is 1. The van der Waals surface area contributed by atoms with Crippen molar-refractivity contribution in [3.63, 3.8) is 0 Å². The second-order valence-corrected chi connectivity index (χ2v) is 6.34. The molecular weight excluding hydrogens is 318 g/mol. The van der Waals surface area contributed by atoms with Gasteiger partial charge >= 0.3 is 5.97 Å². The van der Waals surface area contributed by atoms with Crippen LogP contribution in [0.1, 0.15) is 32.3 Å². The quantitative estimate of drug-likeness (QED) is 0.859. The zero-order valence-corrected chi connectivity index (χ0v) is 14.6. The van der Waals surface area contributed by atoms with Gasteiger partial charge in [-0.1, -0.05) is 11.6 Å². The molecule has 1 heterocycles. The van der Waals surface area contributed by atoms with E-state index in [0.29, 0.717) is 42.3 Å². The van der Waals surface area contributed by atoms with Crippen LogP contribution in [0.2, 0.25) is 5.02 Å². The summed E-state index contributed by atoms with van der Waals surface area (Å²) in [5.41, 5.74) is 0.997. The molecule has 1 saturated heterocycles. The molecule has 0 saturated carbocycles. The Morgan fingerprint density at radius 1 is 1.43 bits per heavy atom. The number of carboxylic acid groups (broad SMARTS) is 1. The Hall–Kier alpha value is -1.46. The Kier molecular flexibility index (Phi) is 6.13. The number of piperidine rings is 1. The Morgan fingerprint density at radius 2 is 2.17 bits per heavy atom. The first-order chi connectivity index (χ1) is 11.0. The molecule has 0 amide bonds. The molecule has 1 aromatic rings. The highest BCUT2D eigenvalue weighted by molar-refractivity contribution is 6.32. The van der Waals surface area contributed by atoms with Crippen LogP contribution in [0.25, 0.3) is 0 Å². The topological polar surface area (TPSA) is 59.0 Å². The number of carbonyl (C=O) groups is 1. The van der Waals surface area contributed by atoms with Gasteiger partial charge in [-0.25, -0.2) is 0 Å². The summed E-state index contributed by atoms with van der Waals surface area (Å²) in [6, 6.07) is 4.13. The van der Waals surface area contributed by atoms with Gasteiger partial charge in [0.05, 0.1) is 24.7 Å². The zero-order valence-electron chi connectivity index (χ0n) is 13.8. The maximum atomic E-state index is 11.3. The number of hydrogen-bond donors (Lipinski definition) is 1. The highest BCUT2D eigenvalue weighted by Crippen LogP contribution is 2.37. The third kappa shape index (κ3) is 4.30. The van der Waals surface area contributed by atoms with Crippen molar-refractivity contribution in [2.24, 2.45) is 5.92 Å². The molecule has 1 aliphatic heterocycles. The van der Waals surface area contributed by atoms with E-state index in [0.717, 1.165) is 18.4 Å². The minimum atomic E-state index is -0.718. The number of carboxylic acids is 1. The fourth-order valence-electron chi connectivity index (χ4n) is 3.01. The molecule has 128 valence electrons. The van der Waals surface area contributed by atoms with Gasteiger partial charge in [-0.05, 0) is 44.4 Å². The van der Waals surface area contributed by atoms with Crippen LogP contribution in [0.15, 0.2) is 12.1 Å². The first-order valence-electron chi connectivity index (χ1n) is 7.92. The lowest BCUT2D eigenvalue weighted by Crippen LogP contribution is -2.43. The molecular formula is C17H24ClNO4. The molecule has 5 nitrogen and oxygen atoms in total. The summed E-state index contributed by atoms with van der Waals surface area (Å²) in [4.78, 5) is 13.4. The van der Waals surface area contributed by atoms with Gasteiger partial charge in [0.15, 0.2) is 11.5 Å². The van der Waals surface area contributed by atoms with Gasteiger partial charge in [-0.3, -0.25) is 9.69 Å². The smallest absolute Gasteiger partial charge is 0.307 e. The molecule has 0 bridgehead atoms. The summed E-state index contributed by atoms with van der Waals surface area (Å²) in [7, 11) is 1.56. The van der Waals surface area contributed by atoms with Crippen LogP contribution in [0.5, 0.6) is 11.5 Å². The molecule has 2 unspecified atom stereocenters. The Labute approximate surface area is 142 Å². The normalized spacial score (nSPS) is 21.9. The maximum Gasteiger partial charge on any atom is 0.307 e. The predicted molar refractivity (Wildman–Crippen MR) is 89.4 cm³/mol. The molecule has 0 spiro atoms. The number of ether oxygens (including phenoxy) is 2. The van der Waals surface area contributed by atoms with Crippen LogP contribution < -0.4 is 9.47 Å². The number of likely N-dealkylation sites (tertiary alicyclic amines) is 1. The van der Waals surface area contributed by atoms with Crippen molar-refractivity contribution >= 4 is 17.6 Å². The average molecular weight is 342 g/mol. The van der Waals surface area contributed by atoms with E-state index in [1.807, 2.05) is 19.1 Å². The molecule has 0 aromatic heterocycles. The fourth-order valence-corrected chi connectivity index (χ4v) is 3.32. The van der Waals surface area contributed by atoms with Crippen molar-refractivity contribution in [3.8, 4) is 11.5 Å². The highest BCUT2D eigenvalue weighted by atomic mass is 35.5. The predicted octanol–water partition coefficient (Wildman–Crippen LogP) is 3.43. The van der Waals surface area contributed by atoms with E-state index >= 15 is 0 Å². The van der Waals surface area contributed by atoms with Gasteiger partial charge in [0, 0.05) is 19.1 Å². The largest absolute Gasteiger partial charge is 0.491 e. The Bertz CT molecular complexity index is 564. The van der Waals surface area contributed by atoms with Crippen molar-refractivity contribution in [2.75, 3.05) is 20.3 Å². The monoisotopic (exact) mass is 341 g/mol. The molecule has 2 atom stereocenters. The summed E-state index contributed by atoms with van der Waals surface area (Å²) in [5, 5.41) is 9.76. The van der Waals surface area contributed by atoms with Gasteiger partial charge in [0.2, 0.25) is 0 Å². The van der Waals surface area contributed by atoms with Crippen LogP contribution in [-0.2, 0) is 11.3 Å². The third-order valence-corrected chi connectivity index (χ3v) is 4.60. The molecule has 0 aliphatic carbocycles. The summed E-state index contributed by atoms with van der Waals surface area (Å²) >= 11 is 6.29. The first kappa shape index (κ1) is 17.9. The highest BCUT2D eigenvalue weighted by Gasteiger charge is 2.29. The number of hydrogen-bond acceptors (Lipinski definition) is 4. The van der Waals surface area contributed by atoms with E-state index in [-0.39, 0.29) is 5.92 Å². The van der Waals surface area contributed by atoms with E-state index in [4.69, 9.17) is 21.1 Å². The SMILES string of the molecule is CCOc1cc(CN2CC(C(=O)O)CCC2C)cc(Cl)c1OC. The van der Waals surface area contributed by atoms with Crippen molar-refractivity contribution in [3.05, 3.63) is 22.7 Å². The molecule has 1 aliphatic rings. The molecule has 1 N–H and O–H groups in total. The number of aliphatic carboxylic acids is 1. The van der Waals surface area contributed by atoms with Gasteiger partial charge in [-0.15, -0.1) is 0 Å². The van der Waals surface area contributed by atoms with Gasteiger partial charge in [0.25, 0.3) is 0 Å². The lowest BCUT2D eigenvalue weighted by molar-refractivity contribution is -0.144. The standard InChI is InChI=1S/C17H24ClNO4/c1-4-23-15-8-12(7-14(18)16(15)22-3)9-19-10-13(17(20)21)6-5-11(19)2/h7-8,11,13H,4-6,9-10H2,1-3H3,(H,20,21). The number of halogens is 1. The van der Waals surface area contributed by atoms with E-state index in [1.54, 1.807) is 7.11 Å². The van der Waals surface area contributed by atoms with Crippen LogP contribution in [-0.4, -0.2) is 42.3 Å². The lowest BCUT2D eigenvalue weighted by Gasteiger charge is -2.36. The number of nitrogens with zero attached hydrogens (tertiary/aromatic N) is 1. The summed E-state index contributed by atoms with van der Waals surface area (Å²) in [5.74, 6) is 0.139. The van der Waals surface area contributed by atoms with Crippen LogP contribution in [0, 0.1) is 5.92 Å². The van der Waals surface area contributed by atoms with E-state index < -0.39 is 5.97 Å². The van der Waals surface area contributed by atoms with Crippen LogP contribution in [0.4, 0.5) is 0 Å². The minimum Gasteiger partial charge on any atom is -0.491 e. The second kappa shape index (κ2) is 7.88. The van der Waals surface area contributed by atoms with E-state index in [2.05, 4.69) is 11.8 Å². The van der Waals surface area contributed by atoms with E-state index in [1.165, 1.54) is 0 Å². The molecule has 6 heteroatoms. The fraction of sp³-hybridized carbons (Fsp3) is 0.588. The van der Waals surface area contributed by atoms with Gasteiger partial charge in [0.1, 0.15) is 0 Å². The summed E-state index contributed by atoms with van der Waals surface area (Å²) in [6.07, 6.45) is 1.62. The molecule has 2 rings (SSSR count). The van der Waals surface area contributed by atoms with Gasteiger partial charge in [-0.2, -0.15) is 0 Å². The Balaban J connectivity index is 2.19. The first-order valence-corrected chi connectivity index (χ1v) is 8.30. The third-order valence-electron chi connectivity index (χ3n) is 4.32. The van der Waals surface area contributed by atoms with E-state index in [9.17, 15) is 9.90 Å². The summed E-state index contributed by atoms with van der Waals surface area (Å²) < 4.78 is 10.9. The maximum absolute atomic E-state index is 11.3. The summed E-state index contributed by atoms with van der Waals surface area (Å²) in [6.45, 7) is 5.77. The zero-order chi connectivity index (χ0) is 17.0. The van der Waals surface area contributed by atoms with Crippen molar-refractivity contribution < 1.29 is 19.4 Å². The minimum absolute atomic E-state index is 0.300. The van der Waals surface area contributed by atoms with Crippen molar-refractivity contribution in [2.45, 2.75) is 39.3 Å². The Morgan fingerprint density at radius 3 is 2.78 bits per heavy atom. The van der Waals surface area contributed by atoms with Gasteiger partial charge < -0.3 is 14.6 Å². The second-order valence-electron chi connectivity index (χ2n) is 5.93. The molecule has 0 radical (unpaired) electrons. The van der Waals surface area contributed by atoms with Crippen molar-refractivity contribution in [1.29, 1.82) is 0 Å². The molecule has 1 fully saturated rings. The number of methoxy groups -OCH3 is 1. The molecule has 23 heavy (non-hydrogen) atoms. The number of rotatable bonds is 6. The lowest BCUT2D eigenvalue weighted by atomic mass is 9.93. The van der Waals surface area contributed by atoms with Crippen molar-refractivity contribution in [1.82, 2.24) is 4.90 Å². The van der Waals surface area contributed by atoms with Crippen LogP contribution >= 0.6 is 11.6 Å². The van der Waals surface area contributed by atoms with Crippen LogP contribution in [0.3, 0.4) is 0 Å². The molecule has 1 aromatic carbocycles. The average Bonchev–Trinajstić information content (AvgIpc) is 2.49.